The largest absolute Gasteiger partial charge is 0.316 e. The van der Waals surface area contributed by atoms with Gasteiger partial charge in [0.2, 0.25) is 0 Å². The van der Waals surface area contributed by atoms with Crippen LogP contribution in [0.3, 0.4) is 0 Å². The highest BCUT2D eigenvalue weighted by molar-refractivity contribution is 7.99. The zero-order valence-corrected chi connectivity index (χ0v) is 9.32. The fourth-order valence-corrected chi connectivity index (χ4v) is 1.97. The van der Waals surface area contributed by atoms with Crippen molar-refractivity contribution in [3.8, 4) is 0 Å². The molecule has 0 aliphatic heterocycles. The van der Waals surface area contributed by atoms with Gasteiger partial charge in [0, 0.05) is 18.0 Å². The van der Waals surface area contributed by atoms with Crippen LogP contribution in [0.5, 0.6) is 0 Å². The van der Waals surface area contributed by atoms with Gasteiger partial charge in [0.05, 0.1) is 5.02 Å². The lowest BCUT2D eigenvalue weighted by Crippen LogP contribution is -2.23. The molecule has 1 aromatic rings. The average Bonchev–Trinajstić information content (AvgIpc) is 2.16. The molecule has 0 aliphatic carbocycles. The van der Waals surface area contributed by atoms with Crippen molar-refractivity contribution in [1.82, 2.24) is 10.3 Å². The summed E-state index contributed by atoms with van der Waals surface area (Å²) in [6.45, 7) is 2.13. The molecule has 0 aliphatic rings. The van der Waals surface area contributed by atoms with E-state index in [4.69, 9.17) is 11.6 Å². The summed E-state index contributed by atoms with van der Waals surface area (Å²) in [5.41, 5.74) is 0. The summed E-state index contributed by atoms with van der Waals surface area (Å²) in [5.74, 6) is 0.979. The molecule has 4 heteroatoms. The molecule has 1 aromatic heterocycles. The van der Waals surface area contributed by atoms with E-state index < -0.39 is 0 Å². The lowest BCUT2D eigenvalue weighted by molar-refractivity contribution is 0.677. The quantitative estimate of drug-likeness (QED) is 0.783. The monoisotopic (exact) mass is 216 g/mol. The molecule has 1 unspecified atom stereocenters. The third-order valence-corrected chi connectivity index (χ3v) is 3.37. The van der Waals surface area contributed by atoms with Crippen LogP contribution in [0.1, 0.15) is 6.92 Å². The van der Waals surface area contributed by atoms with Crippen LogP contribution in [0.4, 0.5) is 0 Å². The Balaban J connectivity index is 2.50. The molecule has 13 heavy (non-hydrogen) atoms. The number of nitrogens with one attached hydrogen (secondary N) is 1. The summed E-state index contributed by atoms with van der Waals surface area (Å²) >= 11 is 7.62. The Labute approximate surface area is 88.1 Å². The van der Waals surface area contributed by atoms with Gasteiger partial charge >= 0.3 is 0 Å². The molecule has 0 saturated heterocycles. The number of thioether (sulfide) groups is 1. The third-order valence-electron chi connectivity index (χ3n) is 1.69. The standard InChI is InChI=1S/C9H13ClN2S/c1-7(11-2)6-13-9-8(10)4-3-5-12-9/h3-5,7,11H,6H2,1-2H3. The van der Waals surface area contributed by atoms with Gasteiger partial charge < -0.3 is 5.32 Å². The first kappa shape index (κ1) is 10.8. The lowest BCUT2D eigenvalue weighted by Gasteiger charge is -2.08. The lowest BCUT2D eigenvalue weighted by atomic mass is 10.4. The van der Waals surface area contributed by atoms with Gasteiger partial charge in [0.25, 0.3) is 0 Å². The molecule has 1 heterocycles. The second-order valence-corrected chi connectivity index (χ2v) is 4.21. The Kier molecular flexibility index (Phi) is 4.56. The zero-order valence-electron chi connectivity index (χ0n) is 7.75. The van der Waals surface area contributed by atoms with Crippen LogP contribution in [0.2, 0.25) is 5.02 Å². The van der Waals surface area contributed by atoms with Gasteiger partial charge in [0.1, 0.15) is 5.03 Å². The van der Waals surface area contributed by atoms with Gasteiger partial charge in [-0.25, -0.2) is 4.98 Å². The normalized spacial score (nSPS) is 12.8. The first-order valence-electron chi connectivity index (χ1n) is 4.14. The predicted molar refractivity (Wildman–Crippen MR) is 58.5 cm³/mol. The summed E-state index contributed by atoms with van der Waals surface area (Å²) in [5, 5.41) is 4.80. The summed E-state index contributed by atoms with van der Waals surface area (Å²) in [7, 11) is 1.95. The maximum absolute atomic E-state index is 5.95. The van der Waals surface area contributed by atoms with Gasteiger partial charge in [0.15, 0.2) is 0 Å². The number of rotatable bonds is 4. The minimum atomic E-state index is 0.475. The maximum Gasteiger partial charge on any atom is 0.115 e. The van der Waals surface area contributed by atoms with Crippen LogP contribution in [-0.4, -0.2) is 23.8 Å². The first-order chi connectivity index (χ1) is 6.24. The Hall–Kier alpha value is -0.250. The zero-order chi connectivity index (χ0) is 9.68. The molecule has 0 saturated carbocycles. The van der Waals surface area contributed by atoms with Crippen molar-refractivity contribution < 1.29 is 0 Å². The molecule has 0 spiro atoms. The number of aromatic nitrogens is 1. The van der Waals surface area contributed by atoms with E-state index in [-0.39, 0.29) is 0 Å². The fourth-order valence-electron chi connectivity index (χ4n) is 0.765. The van der Waals surface area contributed by atoms with E-state index in [0.717, 1.165) is 15.8 Å². The topological polar surface area (TPSA) is 24.9 Å². The Bertz CT molecular complexity index is 268. The van der Waals surface area contributed by atoms with E-state index >= 15 is 0 Å². The van der Waals surface area contributed by atoms with Crippen LogP contribution in [-0.2, 0) is 0 Å². The Morgan fingerprint density at radius 3 is 3.08 bits per heavy atom. The molecule has 0 aromatic carbocycles. The molecule has 72 valence electrons. The third kappa shape index (κ3) is 3.55. The Morgan fingerprint density at radius 1 is 1.69 bits per heavy atom. The number of pyridine rings is 1. The first-order valence-corrected chi connectivity index (χ1v) is 5.51. The van der Waals surface area contributed by atoms with Gasteiger partial charge in [-0.1, -0.05) is 11.6 Å². The highest BCUT2D eigenvalue weighted by Crippen LogP contribution is 2.24. The van der Waals surface area contributed by atoms with E-state index in [9.17, 15) is 0 Å². The van der Waals surface area contributed by atoms with Gasteiger partial charge in [-0.3, -0.25) is 0 Å². The fraction of sp³-hybridized carbons (Fsp3) is 0.444. The molecule has 1 rings (SSSR count). The van der Waals surface area contributed by atoms with Crippen molar-refractivity contribution in [3.63, 3.8) is 0 Å². The SMILES string of the molecule is CNC(C)CSc1ncccc1Cl. The van der Waals surface area contributed by atoms with Crippen molar-refractivity contribution >= 4 is 23.4 Å². The van der Waals surface area contributed by atoms with Crippen LogP contribution in [0, 0.1) is 0 Å². The van der Waals surface area contributed by atoms with E-state index in [1.165, 1.54) is 0 Å². The van der Waals surface area contributed by atoms with Crippen molar-refractivity contribution in [1.29, 1.82) is 0 Å². The van der Waals surface area contributed by atoms with E-state index in [0.29, 0.717) is 6.04 Å². The minimum Gasteiger partial charge on any atom is -0.316 e. The maximum atomic E-state index is 5.95. The van der Waals surface area contributed by atoms with Crippen molar-refractivity contribution in [2.24, 2.45) is 0 Å². The molecule has 0 amide bonds. The van der Waals surface area contributed by atoms with Gasteiger partial charge in [-0.05, 0) is 26.1 Å². The number of hydrogen-bond donors (Lipinski definition) is 1. The molecule has 1 atom stereocenters. The molecule has 0 radical (unpaired) electrons. The molecule has 1 N–H and O–H groups in total. The van der Waals surface area contributed by atoms with E-state index in [2.05, 4.69) is 17.2 Å². The second-order valence-electron chi connectivity index (χ2n) is 2.79. The van der Waals surface area contributed by atoms with Gasteiger partial charge in [-0.15, -0.1) is 11.8 Å². The number of hydrogen-bond acceptors (Lipinski definition) is 3. The summed E-state index contributed by atoms with van der Waals surface area (Å²) in [4.78, 5) is 4.19. The molecular formula is C9H13ClN2S. The molecule has 2 nitrogen and oxygen atoms in total. The highest BCUT2D eigenvalue weighted by atomic mass is 35.5. The number of halogens is 1. The minimum absolute atomic E-state index is 0.475. The number of nitrogens with zero attached hydrogens (tertiary/aromatic N) is 1. The van der Waals surface area contributed by atoms with Crippen molar-refractivity contribution in [2.75, 3.05) is 12.8 Å². The van der Waals surface area contributed by atoms with Crippen LogP contribution in [0.15, 0.2) is 23.4 Å². The molecular weight excluding hydrogens is 204 g/mol. The summed E-state index contributed by atoms with van der Waals surface area (Å²) in [6.07, 6.45) is 1.76. The van der Waals surface area contributed by atoms with E-state index in [1.54, 1.807) is 18.0 Å². The van der Waals surface area contributed by atoms with Gasteiger partial charge in [-0.2, -0.15) is 0 Å². The van der Waals surface area contributed by atoms with Crippen LogP contribution >= 0.6 is 23.4 Å². The predicted octanol–water partition coefficient (Wildman–Crippen LogP) is 2.44. The molecule has 0 bridgehead atoms. The summed E-state index contributed by atoms with van der Waals surface area (Å²) < 4.78 is 0. The second kappa shape index (κ2) is 5.47. The highest BCUT2D eigenvalue weighted by Gasteiger charge is 2.03. The Morgan fingerprint density at radius 2 is 2.46 bits per heavy atom. The van der Waals surface area contributed by atoms with Crippen LogP contribution in [0.25, 0.3) is 0 Å². The van der Waals surface area contributed by atoms with E-state index in [1.807, 2.05) is 19.2 Å². The van der Waals surface area contributed by atoms with Crippen molar-refractivity contribution in [3.05, 3.63) is 23.4 Å². The summed E-state index contributed by atoms with van der Waals surface area (Å²) in [6, 6.07) is 4.18. The molecule has 0 fully saturated rings. The smallest absolute Gasteiger partial charge is 0.115 e. The van der Waals surface area contributed by atoms with Crippen LogP contribution < -0.4 is 5.32 Å². The van der Waals surface area contributed by atoms with Crippen molar-refractivity contribution in [2.45, 2.75) is 18.0 Å². The average molecular weight is 217 g/mol.